The van der Waals surface area contributed by atoms with E-state index in [-0.39, 0.29) is 5.91 Å². The molecule has 2 rings (SSSR count). The summed E-state index contributed by atoms with van der Waals surface area (Å²) in [6.45, 7) is 5.69. The van der Waals surface area contributed by atoms with E-state index in [1.54, 1.807) is 27.9 Å². The van der Waals surface area contributed by atoms with Crippen molar-refractivity contribution in [1.29, 1.82) is 0 Å². The number of nitrogens with one attached hydrogen (secondary N) is 2. The SMILES string of the molecule is COc1ccc(CNC(=O)[C@H](Cc2ccccc2)NC(=O)OC(C)(C)C)cc1. The van der Waals surface area contributed by atoms with Crippen molar-refractivity contribution >= 4 is 12.0 Å². The van der Waals surface area contributed by atoms with Crippen LogP contribution in [0.4, 0.5) is 4.79 Å². The van der Waals surface area contributed by atoms with E-state index >= 15 is 0 Å². The van der Waals surface area contributed by atoms with Gasteiger partial charge in [-0.2, -0.15) is 0 Å². The fraction of sp³-hybridized carbons (Fsp3) is 0.364. The highest BCUT2D eigenvalue weighted by Gasteiger charge is 2.24. The van der Waals surface area contributed by atoms with Gasteiger partial charge in [-0.25, -0.2) is 4.79 Å². The molecule has 0 aliphatic rings. The van der Waals surface area contributed by atoms with Crippen LogP contribution in [0.5, 0.6) is 5.75 Å². The number of benzene rings is 2. The maximum atomic E-state index is 12.7. The van der Waals surface area contributed by atoms with Gasteiger partial charge in [0, 0.05) is 13.0 Å². The summed E-state index contributed by atoms with van der Waals surface area (Å²) >= 11 is 0. The zero-order valence-corrected chi connectivity index (χ0v) is 16.8. The summed E-state index contributed by atoms with van der Waals surface area (Å²) in [6, 6.07) is 16.2. The number of carbonyl (C=O) groups excluding carboxylic acids is 2. The molecule has 28 heavy (non-hydrogen) atoms. The normalized spacial score (nSPS) is 12.0. The highest BCUT2D eigenvalue weighted by atomic mass is 16.6. The first-order chi connectivity index (χ1) is 13.3. The Labute approximate surface area is 166 Å². The number of carbonyl (C=O) groups is 2. The van der Waals surface area contributed by atoms with Crippen LogP contribution in [0.2, 0.25) is 0 Å². The molecular formula is C22H28N2O4. The van der Waals surface area contributed by atoms with Crippen molar-refractivity contribution in [1.82, 2.24) is 10.6 Å². The van der Waals surface area contributed by atoms with Crippen molar-refractivity contribution in [3.63, 3.8) is 0 Å². The first-order valence-corrected chi connectivity index (χ1v) is 9.21. The molecule has 1 atom stereocenters. The molecule has 6 nitrogen and oxygen atoms in total. The maximum absolute atomic E-state index is 12.7. The van der Waals surface area contributed by atoms with E-state index in [9.17, 15) is 9.59 Å². The molecule has 0 fully saturated rings. The van der Waals surface area contributed by atoms with E-state index in [1.165, 1.54) is 0 Å². The molecule has 0 radical (unpaired) electrons. The third kappa shape index (κ3) is 7.31. The van der Waals surface area contributed by atoms with E-state index in [4.69, 9.17) is 9.47 Å². The molecule has 6 heteroatoms. The van der Waals surface area contributed by atoms with Crippen LogP contribution in [0, 0.1) is 0 Å². The average molecular weight is 384 g/mol. The first kappa shape index (κ1) is 21.3. The molecule has 0 aliphatic carbocycles. The second-order valence-corrected chi connectivity index (χ2v) is 7.45. The second kappa shape index (κ2) is 9.78. The molecule has 2 aromatic carbocycles. The largest absolute Gasteiger partial charge is 0.497 e. The van der Waals surface area contributed by atoms with Crippen LogP contribution >= 0.6 is 0 Å². The number of hydrogen-bond acceptors (Lipinski definition) is 4. The Morgan fingerprint density at radius 1 is 0.964 bits per heavy atom. The lowest BCUT2D eigenvalue weighted by molar-refractivity contribution is -0.123. The van der Waals surface area contributed by atoms with E-state index in [0.29, 0.717) is 13.0 Å². The summed E-state index contributed by atoms with van der Waals surface area (Å²) in [7, 11) is 1.60. The lowest BCUT2D eigenvalue weighted by atomic mass is 10.1. The van der Waals surface area contributed by atoms with Gasteiger partial charge in [-0.1, -0.05) is 42.5 Å². The molecule has 0 saturated carbocycles. The Kier molecular flexibility index (Phi) is 7.44. The highest BCUT2D eigenvalue weighted by molar-refractivity contribution is 5.86. The van der Waals surface area contributed by atoms with Crippen molar-refractivity contribution in [2.45, 2.75) is 45.4 Å². The van der Waals surface area contributed by atoms with Crippen molar-refractivity contribution in [2.24, 2.45) is 0 Å². The highest BCUT2D eigenvalue weighted by Crippen LogP contribution is 2.12. The van der Waals surface area contributed by atoms with Crippen LogP contribution in [0.25, 0.3) is 0 Å². The molecule has 2 N–H and O–H groups in total. The molecule has 0 aliphatic heterocycles. The molecule has 2 aromatic rings. The van der Waals surface area contributed by atoms with Crippen LogP contribution in [-0.2, 0) is 22.5 Å². The summed E-state index contributed by atoms with van der Waals surface area (Å²) in [5, 5.41) is 5.56. The third-order valence-corrected chi connectivity index (χ3v) is 3.92. The molecule has 2 amide bonds. The summed E-state index contributed by atoms with van der Waals surface area (Å²) in [5.74, 6) is 0.481. The van der Waals surface area contributed by atoms with Crippen LogP contribution in [0.3, 0.4) is 0 Å². The number of rotatable bonds is 7. The second-order valence-electron chi connectivity index (χ2n) is 7.45. The third-order valence-electron chi connectivity index (χ3n) is 3.92. The van der Waals surface area contributed by atoms with Gasteiger partial charge in [0.15, 0.2) is 0 Å². The van der Waals surface area contributed by atoms with Crippen molar-refractivity contribution < 1.29 is 19.1 Å². The smallest absolute Gasteiger partial charge is 0.408 e. The lowest BCUT2D eigenvalue weighted by Gasteiger charge is -2.23. The van der Waals surface area contributed by atoms with Gasteiger partial charge in [0.25, 0.3) is 0 Å². The zero-order chi connectivity index (χ0) is 20.6. The predicted octanol–water partition coefficient (Wildman–Crippen LogP) is 3.45. The van der Waals surface area contributed by atoms with Gasteiger partial charge in [-0.3, -0.25) is 4.79 Å². The number of alkyl carbamates (subject to hydrolysis) is 1. The van der Waals surface area contributed by atoms with Gasteiger partial charge < -0.3 is 20.1 Å². The van der Waals surface area contributed by atoms with Gasteiger partial charge >= 0.3 is 6.09 Å². The minimum Gasteiger partial charge on any atom is -0.497 e. The molecule has 0 unspecified atom stereocenters. The molecule has 0 saturated heterocycles. The van der Waals surface area contributed by atoms with Crippen molar-refractivity contribution in [2.75, 3.05) is 7.11 Å². The number of hydrogen-bond donors (Lipinski definition) is 2. The Bertz CT molecular complexity index is 767. The quantitative estimate of drug-likeness (QED) is 0.767. The molecule has 0 aromatic heterocycles. The molecule has 0 heterocycles. The van der Waals surface area contributed by atoms with E-state index in [0.717, 1.165) is 16.9 Å². The molecule has 0 spiro atoms. The number of methoxy groups -OCH3 is 1. The van der Waals surface area contributed by atoms with E-state index < -0.39 is 17.7 Å². The Morgan fingerprint density at radius 3 is 2.18 bits per heavy atom. The molecule has 150 valence electrons. The standard InChI is InChI=1S/C22H28N2O4/c1-22(2,3)28-21(26)24-19(14-16-8-6-5-7-9-16)20(25)23-15-17-10-12-18(27-4)13-11-17/h5-13,19H,14-15H2,1-4H3,(H,23,25)(H,24,26)/t19-/m0/s1. The molecule has 0 bridgehead atoms. The topological polar surface area (TPSA) is 76.7 Å². The van der Waals surface area contributed by atoms with Crippen LogP contribution in [0.1, 0.15) is 31.9 Å². The fourth-order valence-electron chi connectivity index (χ4n) is 2.56. The Morgan fingerprint density at radius 2 is 1.61 bits per heavy atom. The minimum absolute atomic E-state index is 0.273. The van der Waals surface area contributed by atoms with Gasteiger partial charge in [-0.05, 0) is 44.0 Å². The maximum Gasteiger partial charge on any atom is 0.408 e. The van der Waals surface area contributed by atoms with Gasteiger partial charge in [0.1, 0.15) is 17.4 Å². The minimum atomic E-state index is -0.740. The van der Waals surface area contributed by atoms with Gasteiger partial charge in [0.05, 0.1) is 7.11 Å². The summed E-state index contributed by atoms with van der Waals surface area (Å²) in [4.78, 5) is 24.9. The summed E-state index contributed by atoms with van der Waals surface area (Å²) in [6.07, 6.45) is -0.248. The average Bonchev–Trinajstić information content (AvgIpc) is 2.65. The number of ether oxygens (including phenoxy) is 2. The monoisotopic (exact) mass is 384 g/mol. The predicted molar refractivity (Wildman–Crippen MR) is 108 cm³/mol. The van der Waals surface area contributed by atoms with Crippen LogP contribution in [-0.4, -0.2) is 30.8 Å². The summed E-state index contributed by atoms with van der Waals surface area (Å²) in [5.41, 5.74) is 1.24. The lowest BCUT2D eigenvalue weighted by Crippen LogP contribution is -2.49. The van der Waals surface area contributed by atoms with Gasteiger partial charge in [0.2, 0.25) is 5.91 Å². The van der Waals surface area contributed by atoms with Crippen LogP contribution < -0.4 is 15.4 Å². The van der Waals surface area contributed by atoms with Gasteiger partial charge in [-0.15, -0.1) is 0 Å². The van der Waals surface area contributed by atoms with Crippen LogP contribution in [0.15, 0.2) is 54.6 Å². The summed E-state index contributed by atoms with van der Waals surface area (Å²) < 4.78 is 10.4. The molecular weight excluding hydrogens is 356 g/mol. The van der Waals surface area contributed by atoms with Crippen molar-refractivity contribution in [3.8, 4) is 5.75 Å². The zero-order valence-electron chi connectivity index (χ0n) is 16.8. The van der Waals surface area contributed by atoms with E-state index in [1.807, 2.05) is 54.6 Å². The number of amides is 2. The first-order valence-electron chi connectivity index (χ1n) is 9.21. The Balaban J connectivity index is 2.03. The van der Waals surface area contributed by atoms with Crippen molar-refractivity contribution in [3.05, 3.63) is 65.7 Å². The van der Waals surface area contributed by atoms with E-state index in [2.05, 4.69) is 10.6 Å². The Hall–Kier alpha value is -3.02. The fourth-order valence-corrected chi connectivity index (χ4v) is 2.56.